The number of nitrogens with one attached hydrogen (secondary N) is 1. The monoisotopic (exact) mass is 436 g/mol. The summed E-state index contributed by atoms with van der Waals surface area (Å²) in [6.45, 7) is -0.170. The van der Waals surface area contributed by atoms with E-state index in [9.17, 15) is 9.59 Å². The zero-order chi connectivity index (χ0) is 21.8. The molecule has 3 heterocycles. The molecule has 0 radical (unpaired) electrons. The molecule has 0 saturated heterocycles. The third-order valence-corrected chi connectivity index (χ3v) is 4.64. The molecule has 0 fully saturated rings. The molecule has 0 saturated carbocycles. The average Bonchev–Trinajstić information content (AvgIpc) is 2.79. The first kappa shape index (κ1) is 20.4. The first-order valence-electron chi connectivity index (χ1n) is 9.25. The van der Waals surface area contributed by atoms with Crippen molar-refractivity contribution in [2.24, 2.45) is 0 Å². The number of fused-ring (bicyclic) bond motifs is 1. The average molecular weight is 437 g/mol. The number of carbonyl (C=O) groups is 1. The Morgan fingerprint density at radius 2 is 2.00 bits per heavy atom. The molecule has 0 aliphatic carbocycles. The Bertz CT molecular complexity index is 1320. The molecule has 1 N–H and O–H groups in total. The van der Waals surface area contributed by atoms with E-state index in [2.05, 4.69) is 15.3 Å². The van der Waals surface area contributed by atoms with E-state index < -0.39 is 5.97 Å². The number of hydrogen-bond acceptors (Lipinski definition) is 7. The predicted octanol–water partition coefficient (Wildman–Crippen LogP) is 3.85. The molecule has 4 rings (SSSR count). The zero-order valence-electron chi connectivity index (χ0n) is 16.4. The first-order chi connectivity index (χ1) is 15.0. The number of hydrogen-bond donors (Lipinski definition) is 1. The second-order valence-corrected chi connectivity index (χ2v) is 6.90. The first-order valence-corrected chi connectivity index (χ1v) is 9.63. The topological polar surface area (TPSA) is 94.8 Å². The maximum absolute atomic E-state index is 12.7. The number of anilines is 2. The van der Waals surface area contributed by atoms with Gasteiger partial charge in [0.15, 0.2) is 0 Å². The van der Waals surface area contributed by atoms with E-state index in [-0.39, 0.29) is 17.7 Å². The number of carbonyl (C=O) groups excluding carboxylic acids is 1. The third kappa shape index (κ3) is 4.49. The Balaban J connectivity index is 1.54. The molecule has 3 aromatic heterocycles. The minimum atomic E-state index is -0.608. The van der Waals surface area contributed by atoms with Crippen LogP contribution in [-0.2, 0) is 11.3 Å². The standard InChI is InChI=1S/C22H17ClN4O4/c1-30-18-7-3-2-6-17(18)26-21-16(5-4-10-24-21)22(29)31-13-15-11-20(28)27-12-14(23)8-9-19(27)25-15/h2-12H,13H2,1H3,(H,24,26). The lowest BCUT2D eigenvalue weighted by atomic mass is 10.2. The van der Waals surface area contributed by atoms with Crippen molar-refractivity contribution in [3.8, 4) is 5.75 Å². The molecule has 8 nitrogen and oxygen atoms in total. The smallest absolute Gasteiger partial charge is 0.342 e. The molecule has 0 amide bonds. The number of ether oxygens (including phenoxy) is 2. The van der Waals surface area contributed by atoms with Crippen molar-refractivity contribution in [2.75, 3.05) is 12.4 Å². The minimum absolute atomic E-state index is 0.170. The number of esters is 1. The highest BCUT2D eigenvalue weighted by molar-refractivity contribution is 6.30. The number of aromatic nitrogens is 3. The zero-order valence-corrected chi connectivity index (χ0v) is 17.2. The predicted molar refractivity (Wildman–Crippen MR) is 116 cm³/mol. The SMILES string of the molecule is COc1ccccc1Nc1ncccc1C(=O)OCc1cc(=O)n2cc(Cl)ccc2n1. The van der Waals surface area contributed by atoms with Gasteiger partial charge in [0.25, 0.3) is 5.56 Å². The van der Waals surface area contributed by atoms with E-state index in [1.54, 1.807) is 49.7 Å². The normalized spacial score (nSPS) is 10.6. The maximum atomic E-state index is 12.7. The fourth-order valence-electron chi connectivity index (χ4n) is 2.96. The Kier molecular flexibility index (Phi) is 5.81. The second kappa shape index (κ2) is 8.85. The van der Waals surface area contributed by atoms with Crippen LogP contribution in [0.5, 0.6) is 5.75 Å². The summed E-state index contributed by atoms with van der Waals surface area (Å²) >= 11 is 5.92. The molecular weight excluding hydrogens is 420 g/mol. The van der Waals surface area contributed by atoms with Crippen molar-refractivity contribution in [1.29, 1.82) is 0 Å². The molecular formula is C22H17ClN4O4. The van der Waals surface area contributed by atoms with Crippen molar-refractivity contribution >= 4 is 34.7 Å². The van der Waals surface area contributed by atoms with Crippen molar-refractivity contribution in [2.45, 2.75) is 6.61 Å². The highest BCUT2D eigenvalue weighted by Gasteiger charge is 2.16. The highest BCUT2D eigenvalue weighted by Crippen LogP contribution is 2.27. The molecule has 0 atom stereocenters. The molecule has 9 heteroatoms. The van der Waals surface area contributed by atoms with Crippen molar-refractivity contribution < 1.29 is 14.3 Å². The van der Waals surface area contributed by atoms with Crippen LogP contribution in [0.25, 0.3) is 5.65 Å². The second-order valence-electron chi connectivity index (χ2n) is 6.46. The number of pyridine rings is 2. The van der Waals surface area contributed by atoms with Gasteiger partial charge in [-0.1, -0.05) is 23.7 Å². The third-order valence-electron chi connectivity index (χ3n) is 4.42. The fourth-order valence-corrected chi connectivity index (χ4v) is 3.12. The summed E-state index contributed by atoms with van der Waals surface area (Å²) in [5, 5.41) is 3.51. The fraction of sp³-hybridized carbons (Fsp3) is 0.0909. The van der Waals surface area contributed by atoms with E-state index in [0.717, 1.165) is 0 Å². The van der Waals surface area contributed by atoms with Gasteiger partial charge in [0.05, 0.1) is 23.5 Å². The molecule has 0 aliphatic heterocycles. The molecule has 1 aromatic carbocycles. The summed E-state index contributed by atoms with van der Waals surface area (Å²) in [6, 6.07) is 15.0. The Labute approximate surface area is 182 Å². The number of benzene rings is 1. The largest absolute Gasteiger partial charge is 0.495 e. The van der Waals surface area contributed by atoms with E-state index in [1.807, 2.05) is 12.1 Å². The lowest BCUT2D eigenvalue weighted by molar-refractivity contribution is 0.0468. The summed E-state index contributed by atoms with van der Waals surface area (Å²) in [5.41, 5.74) is 1.29. The van der Waals surface area contributed by atoms with Crippen molar-refractivity contribution in [3.05, 3.63) is 93.6 Å². The summed E-state index contributed by atoms with van der Waals surface area (Å²) in [6.07, 6.45) is 3.04. The van der Waals surface area contributed by atoms with Crippen molar-refractivity contribution in [1.82, 2.24) is 14.4 Å². The molecule has 0 spiro atoms. The number of methoxy groups -OCH3 is 1. The van der Waals surface area contributed by atoms with E-state index >= 15 is 0 Å². The van der Waals surface area contributed by atoms with Crippen LogP contribution in [0.15, 0.2) is 71.8 Å². The van der Waals surface area contributed by atoms with Crippen LogP contribution >= 0.6 is 11.6 Å². The number of halogens is 1. The summed E-state index contributed by atoms with van der Waals surface area (Å²) in [7, 11) is 1.56. The van der Waals surface area contributed by atoms with Crippen LogP contribution in [0, 0.1) is 0 Å². The molecule has 156 valence electrons. The quantitative estimate of drug-likeness (QED) is 0.458. The number of rotatable bonds is 6. The summed E-state index contributed by atoms with van der Waals surface area (Å²) < 4.78 is 12.0. The van der Waals surface area contributed by atoms with Gasteiger partial charge in [0.2, 0.25) is 0 Å². The lowest BCUT2D eigenvalue weighted by Gasteiger charge is -2.13. The van der Waals surface area contributed by atoms with Gasteiger partial charge in [-0.15, -0.1) is 0 Å². The molecule has 0 aliphatic rings. The van der Waals surface area contributed by atoms with Crippen LogP contribution in [-0.4, -0.2) is 27.4 Å². The Hall–Kier alpha value is -3.91. The molecule has 0 unspecified atom stereocenters. The van der Waals surface area contributed by atoms with Crippen LogP contribution in [0.1, 0.15) is 16.1 Å². The summed E-state index contributed by atoms with van der Waals surface area (Å²) in [4.78, 5) is 33.6. The van der Waals surface area contributed by atoms with E-state index in [4.69, 9.17) is 21.1 Å². The van der Waals surface area contributed by atoms with Gasteiger partial charge in [-0.25, -0.2) is 14.8 Å². The maximum Gasteiger partial charge on any atom is 0.342 e. The van der Waals surface area contributed by atoms with Gasteiger partial charge in [0, 0.05) is 18.5 Å². The van der Waals surface area contributed by atoms with Gasteiger partial charge < -0.3 is 14.8 Å². The van der Waals surface area contributed by atoms with Crippen LogP contribution in [0.2, 0.25) is 5.02 Å². The van der Waals surface area contributed by atoms with Gasteiger partial charge in [0.1, 0.15) is 29.4 Å². The van der Waals surface area contributed by atoms with Crippen LogP contribution < -0.4 is 15.6 Å². The Morgan fingerprint density at radius 1 is 1.16 bits per heavy atom. The van der Waals surface area contributed by atoms with Gasteiger partial charge in [-0.2, -0.15) is 0 Å². The lowest BCUT2D eigenvalue weighted by Crippen LogP contribution is -2.17. The van der Waals surface area contributed by atoms with Crippen LogP contribution in [0.4, 0.5) is 11.5 Å². The molecule has 4 aromatic rings. The summed E-state index contributed by atoms with van der Waals surface area (Å²) in [5.74, 6) is 0.315. The number of para-hydroxylation sites is 2. The van der Waals surface area contributed by atoms with Crippen molar-refractivity contribution in [3.63, 3.8) is 0 Å². The molecule has 31 heavy (non-hydrogen) atoms. The molecule has 0 bridgehead atoms. The van der Waals surface area contributed by atoms with Gasteiger partial charge >= 0.3 is 5.97 Å². The van der Waals surface area contributed by atoms with E-state index in [0.29, 0.717) is 33.6 Å². The van der Waals surface area contributed by atoms with Crippen LogP contribution in [0.3, 0.4) is 0 Å². The van der Waals surface area contributed by atoms with Gasteiger partial charge in [-0.3, -0.25) is 9.20 Å². The highest BCUT2D eigenvalue weighted by atomic mass is 35.5. The Morgan fingerprint density at radius 3 is 2.84 bits per heavy atom. The van der Waals surface area contributed by atoms with Gasteiger partial charge in [-0.05, 0) is 36.4 Å². The van der Waals surface area contributed by atoms with E-state index in [1.165, 1.54) is 16.7 Å². The number of nitrogens with zero attached hydrogens (tertiary/aromatic N) is 3. The minimum Gasteiger partial charge on any atom is -0.495 e.